The first-order chi connectivity index (χ1) is 9.79. The van der Waals surface area contributed by atoms with Gasteiger partial charge >= 0.3 is 5.97 Å². The molecule has 0 saturated heterocycles. The van der Waals surface area contributed by atoms with Gasteiger partial charge in [0.25, 0.3) is 9.05 Å². The fourth-order valence-electron chi connectivity index (χ4n) is 2.47. The number of halogens is 2. The van der Waals surface area contributed by atoms with Crippen LogP contribution in [-0.4, -0.2) is 20.5 Å². The van der Waals surface area contributed by atoms with E-state index in [2.05, 4.69) is 0 Å². The zero-order valence-corrected chi connectivity index (χ0v) is 13.1. The Hall–Kier alpha value is -1.14. The van der Waals surface area contributed by atoms with Gasteiger partial charge in [0, 0.05) is 10.7 Å². The Morgan fingerprint density at radius 3 is 2.48 bits per heavy atom. The third kappa shape index (κ3) is 3.95. The number of benzene rings is 1. The van der Waals surface area contributed by atoms with Crippen LogP contribution in [0, 0.1) is 12.7 Å². The molecule has 4 nitrogen and oxygen atoms in total. The highest BCUT2D eigenvalue weighted by Gasteiger charge is 2.24. The van der Waals surface area contributed by atoms with Crippen LogP contribution in [0.1, 0.15) is 48.0 Å². The lowest BCUT2D eigenvalue weighted by Crippen LogP contribution is -2.21. The summed E-state index contributed by atoms with van der Waals surface area (Å²) in [6.07, 6.45) is 4.30. The summed E-state index contributed by atoms with van der Waals surface area (Å²) in [5.41, 5.74) is -0.248. The Morgan fingerprint density at radius 2 is 1.90 bits per heavy atom. The molecule has 116 valence electrons. The van der Waals surface area contributed by atoms with Gasteiger partial charge in [0.15, 0.2) is 0 Å². The van der Waals surface area contributed by atoms with Gasteiger partial charge in [-0.25, -0.2) is 17.6 Å². The van der Waals surface area contributed by atoms with Gasteiger partial charge in [-0.2, -0.15) is 0 Å². The normalized spacial score (nSPS) is 16.7. The molecule has 21 heavy (non-hydrogen) atoms. The largest absolute Gasteiger partial charge is 0.459 e. The van der Waals surface area contributed by atoms with Crippen molar-refractivity contribution in [1.29, 1.82) is 0 Å². The summed E-state index contributed by atoms with van der Waals surface area (Å²) in [6, 6.07) is 1.92. The molecule has 0 aliphatic heterocycles. The molecule has 0 unspecified atom stereocenters. The molecule has 1 aromatic rings. The van der Waals surface area contributed by atoms with Crippen molar-refractivity contribution in [2.24, 2.45) is 0 Å². The van der Waals surface area contributed by atoms with Crippen molar-refractivity contribution in [2.45, 2.75) is 50.0 Å². The van der Waals surface area contributed by atoms with E-state index in [1.165, 1.54) is 6.92 Å². The third-order valence-electron chi connectivity index (χ3n) is 3.57. The molecule has 0 heterocycles. The van der Waals surface area contributed by atoms with E-state index in [1.54, 1.807) is 0 Å². The summed E-state index contributed by atoms with van der Waals surface area (Å²) in [5.74, 6) is -1.65. The summed E-state index contributed by atoms with van der Waals surface area (Å²) >= 11 is 0. The van der Waals surface area contributed by atoms with Crippen molar-refractivity contribution >= 4 is 25.7 Å². The zero-order chi connectivity index (χ0) is 15.6. The van der Waals surface area contributed by atoms with Crippen LogP contribution < -0.4 is 0 Å². The highest BCUT2D eigenvalue weighted by molar-refractivity contribution is 8.13. The first kappa shape index (κ1) is 16.2. The average Bonchev–Trinajstić information content (AvgIpc) is 2.38. The van der Waals surface area contributed by atoms with E-state index in [9.17, 15) is 17.6 Å². The summed E-state index contributed by atoms with van der Waals surface area (Å²) in [6.45, 7) is 1.41. The minimum atomic E-state index is -4.04. The van der Waals surface area contributed by atoms with E-state index in [-0.39, 0.29) is 16.6 Å². The lowest BCUT2D eigenvalue weighted by Gasteiger charge is -2.22. The molecule has 7 heteroatoms. The fraction of sp³-hybridized carbons (Fsp3) is 0.500. The predicted molar refractivity (Wildman–Crippen MR) is 76.5 cm³/mol. The molecule has 0 N–H and O–H groups in total. The Labute approximate surface area is 127 Å². The van der Waals surface area contributed by atoms with Gasteiger partial charge < -0.3 is 4.74 Å². The van der Waals surface area contributed by atoms with E-state index in [0.717, 1.165) is 44.2 Å². The molecule has 0 atom stereocenters. The molecular weight excluding hydrogens is 319 g/mol. The Bertz CT molecular complexity index is 651. The number of carbonyl (C=O) groups excluding carboxylic acids is 1. The molecular formula is C14H16ClFO4S. The smallest absolute Gasteiger partial charge is 0.341 e. The average molecular weight is 335 g/mol. The van der Waals surface area contributed by atoms with Crippen molar-refractivity contribution in [3.8, 4) is 0 Å². The molecule has 0 radical (unpaired) electrons. The molecule has 1 fully saturated rings. The summed E-state index contributed by atoms with van der Waals surface area (Å²) in [5, 5.41) is 0. The maximum absolute atomic E-state index is 13.9. The molecule has 0 bridgehead atoms. The number of rotatable bonds is 3. The molecule has 2 rings (SSSR count). The number of esters is 1. The Morgan fingerprint density at radius 1 is 1.29 bits per heavy atom. The molecule has 1 saturated carbocycles. The van der Waals surface area contributed by atoms with Crippen LogP contribution in [0.25, 0.3) is 0 Å². The van der Waals surface area contributed by atoms with Crippen molar-refractivity contribution < 1.29 is 22.3 Å². The third-order valence-corrected chi connectivity index (χ3v) is 5.04. The highest BCUT2D eigenvalue weighted by atomic mass is 35.7. The minimum absolute atomic E-state index is 0.150. The van der Waals surface area contributed by atoms with E-state index in [0.29, 0.717) is 0 Å². The molecule has 1 aliphatic carbocycles. The van der Waals surface area contributed by atoms with Crippen LogP contribution in [0.15, 0.2) is 17.0 Å². The van der Waals surface area contributed by atoms with E-state index in [4.69, 9.17) is 15.4 Å². The van der Waals surface area contributed by atoms with Gasteiger partial charge in [-0.3, -0.25) is 0 Å². The summed E-state index contributed by atoms with van der Waals surface area (Å²) < 4.78 is 42.0. The second-order valence-electron chi connectivity index (χ2n) is 5.20. The monoisotopic (exact) mass is 334 g/mol. The molecule has 0 spiro atoms. The minimum Gasteiger partial charge on any atom is -0.459 e. The number of aryl methyl sites for hydroxylation is 1. The molecule has 0 aromatic heterocycles. The number of ether oxygens (including phenoxy) is 1. The van der Waals surface area contributed by atoms with Gasteiger partial charge in [-0.1, -0.05) is 6.42 Å². The van der Waals surface area contributed by atoms with E-state index >= 15 is 0 Å². The summed E-state index contributed by atoms with van der Waals surface area (Å²) in [7, 11) is 1.24. The zero-order valence-electron chi connectivity index (χ0n) is 11.6. The molecule has 0 amide bonds. The van der Waals surface area contributed by atoms with Crippen LogP contribution in [0.4, 0.5) is 4.39 Å². The predicted octanol–water partition coefficient (Wildman–Crippen LogP) is 3.55. The van der Waals surface area contributed by atoms with Gasteiger partial charge in [0.2, 0.25) is 0 Å². The maximum atomic E-state index is 13.9. The second kappa shape index (κ2) is 6.32. The van der Waals surface area contributed by atoms with Crippen molar-refractivity contribution in [3.05, 3.63) is 29.1 Å². The SMILES string of the molecule is Cc1cc(F)c(C(=O)OC2CCCCC2)cc1S(=O)(=O)Cl. The van der Waals surface area contributed by atoms with Crippen LogP contribution >= 0.6 is 10.7 Å². The number of carbonyl (C=O) groups is 1. The lowest BCUT2D eigenvalue weighted by atomic mass is 9.98. The number of hydrogen-bond donors (Lipinski definition) is 0. The van der Waals surface area contributed by atoms with Crippen LogP contribution in [0.5, 0.6) is 0 Å². The molecule has 1 aromatic carbocycles. The van der Waals surface area contributed by atoms with E-state index in [1.807, 2.05) is 0 Å². The first-order valence-electron chi connectivity index (χ1n) is 6.75. The van der Waals surface area contributed by atoms with Gasteiger partial charge in [0.05, 0.1) is 10.5 Å². The van der Waals surface area contributed by atoms with Crippen molar-refractivity contribution in [2.75, 3.05) is 0 Å². The summed E-state index contributed by atoms with van der Waals surface area (Å²) in [4.78, 5) is 11.7. The maximum Gasteiger partial charge on any atom is 0.341 e. The lowest BCUT2D eigenvalue weighted by molar-refractivity contribution is 0.0206. The van der Waals surface area contributed by atoms with Crippen LogP contribution in [-0.2, 0) is 13.8 Å². The standard InChI is InChI=1S/C14H16ClFO4S/c1-9-7-12(16)11(8-13(9)21(15,18)19)14(17)20-10-5-3-2-4-6-10/h7-8,10H,2-6H2,1H3. The van der Waals surface area contributed by atoms with Gasteiger partial charge in [0.1, 0.15) is 11.9 Å². The van der Waals surface area contributed by atoms with Gasteiger partial charge in [-0.05, 0) is 50.3 Å². The van der Waals surface area contributed by atoms with Gasteiger partial charge in [-0.15, -0.1) is 0 Å². The van der Waals surface area contributed by atoms with Crippen LogP contribution in [0.3, 0.4) is 0 Å². The highest BCUT2D eigenvalue weighted by Crippen LogP contribution is 2.26. The van der Waals surface area contributed by atoms with Crippen LogP contribution in [0.2, 0.25) is 0 Å². The second-order valence-corrected chi connectivity index (χ2v) is 7.74. The number of hydrogen-bond acceptors (Lipinski definition) is 4. The fourth-order valence-corrected chi connectivity index (χ4v) is 3.67. The van der Waals surface area contributed by atoms with Crippen molar-refractivity contribution in [3.63, 3.8) is 0 Å². The Kier molecular flexibility index (Phi) is 4.88. The topological polar surface area (TPSA) is 60.4 Å². The Balaban J connectivity index is 2.28. The molecule has 1 aliphatic rings. The first-order valence-corrected chi connectivity index (χ1v) is 9.06. The van der Waals surface area contributed by atoms with E-state index < -0.39 is 26.4 Å². The quantitative estimate of drug-likeness (QED) is 0.626. The van der Waals surface area contributed by atoms with Crippen molar-refractivity contribution in [1.82, 2.24) is 0 Å².